The van der Waals surface area contributed by atoms with E-state index in [0.29, 0.717) is 12.5 Å². The molecule has 0 aromatic carbocycles. The predicted octanol–water partition coefficient (Wildman–Crippen LogP) is 1.89. The molecule has 0 aromatic heterocycles. The summed E-state index contributed by atoms with van der Waals surface area (Å²) in [5.41, 5.74) is 5.44. The second-order valence-electron chi connectivity index (χ2n) is 5.64. The maximum Gasteiger partial charge on any atom is 0.220 e. The molecule has 0 radical (unpaired) electrons. The third-order valence-electron chi connectivity index (χ3n) is 3.85. The third kappa shape index (κ3) is 7.53. The first kappa shape index (κ1) is 16.4. The van der Waals surface area contributed by atoms with Crippen molar-refractivity contribution in [2.45, 2.75) is 64.3 Å². The fourth-order valence-electron chi connectivity index (χ4n) is 2.70. The molecule has 19 heavy (non-hydrogen) atoms. The zero-order chi connectivity index (χ0) is 13.9. The van der Waals surface area contributed by atoms with Gasteiger partial charge in [0.1, 0.15) is 0 Å². The minimum absolute atomic E-state index is 0.238. The number of carbonyl (C=O) groups excluding carboxylic acids is 1. The highest BCUT2D eigenvalue weighted by Gasteiger charge is 2.19. The molecule has 0 spiro atoms. The van der Waals surface area contributed by atoms with Gasteiger partial charge in [-0.05, 0) is 45.2 Å². The Bertz CT molecular complexity index is 238. The standard InChI is InChI=1S/C15H31N3O/c1-2-11-18-12-8-14(9-13-18)17-15(19)7-5-3-4-6-10-16/h14H,2-13,16H2,1H3,(H,17,19). The molecule has 1 aliphatic rings. The van der Waals surface area contributed by atoms with E-state index in [1.807, 2.05) is 0 Å². The molecular formula is C15H31N3O. The van der Waals surface area contributed by atoms with Crippen LogP contribution in [0.4, 0.5) is 0 Å². The molecule has 0 aromatic rings. The van der Waals surface area contributed by atoms with E-state index in [4.69, 9.17) is 5.73 Å². The van der Waals surface area contributed by atoms with Crippen LogP contribution in [-0.4, -0.2) is 43.0 Å². The fourth-order valence-corrected chi connectivity index (χ4v) is 2.70. The van der Waals surface area contributed by atoms with Gasteiger partial charge in [-0.3, -0.25) is 4.79 Å². The van der Waals surface area contributed by atoms with Crippen LogP contribution in [0.5, 0.6) is 0 Å². The molecule has 0 atom stereocenters. The van der Waals surface area contributed by atoms with Crippen molar-refractivity contribution in [3.8, 4) is 0 Å². The number of piperidine rings is 1. The van der Waals surface area contributed by atoms with Gasteiger partial charge in [0.05, 0.1) is 0 Å². The molecule has 0 aliphatic carbocycles. The van der Waals surface area contributed by atoms with Gasteiger partial charge < -0.3 is 16.0 Å². The number of hydrogen-bond acceptors (Lipinski definition) is 3. The lowest BCUT2D eigenvalue weighted by Gasteiger charge is -2.32. The van der Waals surface area contributed by atoms with Crippen LogP contribution in [0.15, 0.2) is 0 Å². The summed E-state index contributed by atoms with van der Waals surface area (Å²) in [6.45, 7) is 6.45. The van der Waals surface area contributed by atoms with Crippen molar-refractivity contribution < 1.29 is 4.79 Å². The Morgan fingerprint density at radius 3 is 2.53 bits per heavy atom. The lowest BCUT2D eigenvalue weighted by Crippen LogP contribution is -2.44. The van der Waals surface area contributed by atoms with Gasteiger partial charge in [0.25, 0.3) is 0 Å². The summed E-state index contributed by atoms with van der Waals surface area (Å²) in [4.78, 5) is 14.3. The third-order valence-corrected chi connectivity index (χ3v) is 3.85. The van der Waals surface area contributed by atoms with Gasteiger partial charge in [0.2, 0.25) is 5.91 Å². The number of nitrogens with one attached hydrogen (secondary N) is 1. The van der Waals surface area contributed by atoms with Crippen molar-refractivity contribution in [2.75, 3.05) is 26.2 Å². The van der Waals surface area contributed by atoms with Crippen molar-refractivity contribution in [1.29, 1.82) is 0 Å². The largest absolute Gasteiger partial charge is 0.353 e. The molecular weight excluding hydrogens is 238 g/mol. The first-order valence-corrected chi connectivity index (χ1v) is 7.98. The average Bonchev–Trinajstić information content (AvgIpc) is 2.41. The van der Waals surface area contributed by atoms with E-state index < -0.39 is 0 Å². The number of likely N-dealkylation sites (tertiary alicyclic amines) is 1. The molecule has 1 amide bonds. The molecule has 112 valence electrons. The molecule has 3 N–H and O–H groups in total. The summed E-state index contributed by atoms with van der Waals surface area (Å²) in [7, 11) is 0. The van der Waals surface area contributed by atoms with E-state index in [9.17, 15) is 4.79 Å². The molecule has 1 aliphatic heterocycles. The minimum Gasteiger partial charge on any atom is -0.353 e. The second-order valence-corrected chi connectivity index (χ2v) is 5.64. The van der Waals surface area contributed by atoms with Gasteiger partial charge in [0.15, 0.2) is 0 Å². The first-order valence-electron chi connectivity index (χ1n) is 7.98. The van der Waals surface area contributed by atoms with Crippen LogP contribution >= 0.6 is 0 Å². The lowest BCUT2D eigenvalue weighted by atomic mass is 10.0. The van der Waals surface area contributed by atoms with Crippen LogP contribution in [-0.2, 0) is 4.79 Å². The quantitative estimate of drug-likeness (QED) is 0.628. The SMILES string of the molecule is CCCN1CCC(NC(=O)CCCCCCN)CC1. The number of nitrogens with zero attached hydrogens (tertiary/aromatic N) is 1. The normalized spacial score (nSPS) is 17.6. The van der Waals surface area contributed by atoms with Crippen LogP contribution in [0.2, 0.25) is 0 Å². The molecule has 0 saturated carbocycles. The summed E-state index contributed by atoms with van der Waals surface area (Å²) in [6.07, 6.45) is 8.48. The highest BCUT2D eigenvalue weighted by Crippen LogP contribution is 2.11. The molecule has 0 unspecified atom stereocenters. The summed E-state index contributed by atoms with van der Waals surface area (Å²) < 4.78 is 0. The fraction of sp³-hybridized carbons (Fsp3) is 0.933. The predicted molar refractivity (Wildman–Crippen MR) is 80.0 cm³/mol. The Morgan fingerprint density at radius 1 is 1.21 bits per heavy atom. The number of amides is 1. The smallest absolute Gasteiger partial charge is 0.220 e. The number of nitrogens with two attached hydrogens (primary N) is 1. The summed E-state index contributed by atoms with van der Waals surface area (Å²) in [6, 6.07) is 0.407. The maximum atomic E-state index is 11.8. The van der Waals surface area contributed by atoms with Gasteiger partial charge in [-0.2, -0.15) is 0 Å². The molecule has 4 heteroatoms. The summed E-state index contributed by atoms with van der Waals surface area (Å²) in [5.74, 6) is 0.238. The zero-order valence-electron chi connectivity index (χ0n) is 12.5. The van der Waals surface area contributed by atoms with E-state index in [0.717, 1.165) is 58.2 Å². The molecule has 4 nitrogen and oxygen atoms in total. The van der Waals surface area contributed by atoms with Crippen molar-refractivity contribution >= 4 is 5.91 Å². The Kier molecular flexibility index (Phi) is 8.84. The van der Waals surface area contributed by atoms with E-state index in [-0.39, 0.29) is 5.91 Å². The van der Waals surface area contributed by atoms with Gasteiger partial charge in [0, 0.05) is 25.6 Å². The number of unbranched alkanes of at least 4 members (excludes halogenated alkanes) is 3. The Morgan fingerprint density at radius 2 is 1.89 bits per heavy atom. The molecule has 0 bridgehead atoms. The zero-order valence-corrected chi connectivity index (χ0v) is 12.5. The highest BCUT2D eigenvalue weighted by atomic mass is 16.1. The minimum atomic E-state index is 0.238. The van der Waals surface area contributed by atoms with Crippen LogP contribution in [0.1, 0.15) is 58.3 Å². The molecule has 1 rings (SSSR count). The maximum absolute atomic E-state index is 11.8. The topological polar surface area (TPSA) is 58.4 Å². The van der Waals surface area contributed by atoms with Crippen LogP contribution in [0, 0.1) is 0 Å². The van der Waals surface area contributed by atoms with Gasteiger partial charge in [-0.15, -0.1) is 0 Å². The molecule has 1 saturated heterocycles. The monoisotopic (exact) mass is 269 g/mol. The molecule has 1 heterocycles. The van der Waals surface area contributed by atoms with E-state index in [2.05, 4.69) is 17.1 Å². The second kappa shape index (κ2) is 10.2. The van der Waals surface area contributed by atoms with Gasteiger partial charge in [-0.25, -0.2) is 0 Å². The van der Waals surface area contributed by atoms with Crippen molar-refractivity contribution in [3.05, 3.63) is 0 Å². The van der Waals surface area contributed by atoms with Gasteiger partial charge in [-0.1, -0.05) is 19.8 Å². The number of rotatable bonds is 9. The van der Waals surface area contributed by atoms with Crippen LogP contribution < -0.4 is 11.1 Å². The number of hydrogen-bond donors (Lipinski definition) is 2. The average molecular weight is 269 g/mol. The van der Waals surface area contributed by atoms with E-state index >= 15 is 0 Å². The lowest BCUT2D eigenvalue weighted by molar-refractivity contribution is -0.122. The van der Waals surface area contributed by atoms with Crippen molar-refractivity contribution in [3.63, 3.8) is 0 Å². The summed E-state index contributed by atoms with van der Waals surface area (Å²) >= 11 is 0. The van der Waals surface area contributed by atoms with Crippen molar-refractivity contribution in [2.24, 2.45) is 5.73 Å². The van der Waals surface area contributed by atoms with E-state index in [1.165, 1.54) is 13.0 Å². The first-order chi connectivity index (χ1) is 9.26. The molecule has 1 fully saturated rings. The van der Waals surface area contributed by atoms with Gasteiger partial charge >= 0.3 is 0 Å². The van der Waals surface area contributed by atoms with Crippen molar-refractivity contribution in [1.82, 2.24) is 10.2 Å². The van der Waals surface area contributed by atoms with E-state index in [1.54, 1.807) is 0 Å². The Hall–Kier alpha value is -0.610. The highest BCUT2D eigenvalue weighted by molar-refractivity contribution is 5.76. The summed E-state index contributed by atoms with van der Waals surface area (Å²) in [5, 5.41) is 3.18. The van der Waals surface area contributed by atoms with Crippen LogP contribution in [0.25, 0.3) is 0 Å². The van der Waals surface area contributed by atoms with Crippen LogP contribution in [0.3, 0.4) is 0 Å². The Labute approximate surface area is 118 Å². The number of carbonyl (C=O) groups is 1. The Balaban J connectivity index is 2.03.